The zero-order chi connectivity index (χ0) is 22.3. The number of amides is 1. The maximum Gasteiger partial charge on any atom is 0.259 e. The number of unbranched alkanes of at least 4 members (excludes halogenated alkanes) is 9. The predicted octanol–water partition coefficient (Wildman–Crippen LogP) is 7.26. The van der Waals surface area contributed by atoms with E-state index >= 15 is 0 Å². The van der Waals surface area contributed by atoms with Gasteiger partial charge in [0.25, 0.3) is 5.91 Å². The monoisotopic (exact) mass is 424 g/mol. The normalized spacial score (nSPS) is 11.8. The lowest BCUT2D eigenvalue weighted by atomic mass is 10.1. The minimum absolute atomic E-state index is 0.0235. The van der Waals surface area contributed by atoms with Crippen molar-refractivity contribution in [1.29, 1.82) is 0 Å². The lowest BCUT2D eigenvalue weighted by Crippen LogP contribution is -2.14. The fourth-order valence-corrected chi connectivity index (χ4v) is 3.62. The maximum atomic E-state index is 12.7. The number of anilines is 1. The first-order chi connectivity index (χ1) is 15.1. The van der Waals surface area contributed by atoms with E-state index in [1.807, 2.05) is 49.4 Å². The summed E-state index contributed by atoms with van der Waals surface area (Å²) >= 11 is 0. The molecule has 0 aliphatic carbocycles. The van der Waals surface area contributed by atoms with E-state index in [1.165, 1.54) is 57.8 Å². The highest BCUT2D eigenvalue weighted by Gasteiger charge is 2.12. The Hall–Kier alpha value is -2.33. The van der Waals surface area contributed by atoms with Crippen LogP contribution in [0.2, 0.25) is 0 Å². The van der Waals surface area contributed by atoms with E-state index in [0.29, 0.717) is 17.9 Å². The highest BCUT2D eigenvalue weighted by molar-refractivity contribution is 6.06. The summed E-state index contributed by atoms with van der Waals surface area (Å²) in [7, 11) is 0. The van der Waals surface area contributed by atoms with Gasteiger partial charge in [0.2, 0.25) is 0 Å². The van der Waals surface area contributed by atoms with Crippen LogP contribution in [0.25, 0.3) is 0 Å². The number of rotatable bonds is 15. The molecule has 3 N–H and O–H groups in total. The van der Waals surface area contributed by atoms with Gasteiger partial charge in [-0.1, -0.05) is 89.0 Å². The molecule has 0 heterocycles. The molecule has 1 amide bonds. The first-order valence-corrected chi connectivity index (χ1v) is 12.0. The number of carbonyl (C=O) groups excluding carboxylic acids is 1. The van der Waals surface area contributed by atoms with Gasteiger partial charge in [0, 0.05) is 11.7 Å². The summed E-state index contributed by atoms with van der Waals surface area (Å²) in [6.07, 6.45) is 12.9. The van der Waals surface area contributed by atoms with Crippen LogP contribution in [0.4, 0.5) is 5.69 Å². The molecule has 1 atom stereocenters. The van der Waals surface area contributed by atoms with Crippen LogP contribution >= 0.6 is 0 Å². The molecule has 0 saturated heterocycles. The third-order valence-electron chi connectivity index (χ3n) is 5.58. The molecule has 0 aromatic heterocycles. The molecule has 170 valence electrons. The molecule has 2 aromatic carbocycles. The molecule has 0 saturated carbocycles. The minimum Gasteiger partial charge on any atom is -0.493 e. The Morgan fingerprint density at radius 2 is 1.45 bits per heavy atom. The summed E-state index contributed by atoms with van der Waals surface area (Å²) in [5.41, 5.74) is 8.24. The molecule has 4 heteroatoms. The number of nitrogens with one attached hydrogen (secondary N) is 1. The predicted molar refractivity (Wildman–Crippen MR) is 131 cm³/mol. The lowest BCUT2D eigenvalue weighted by molar-refractivity contribution is 0.102. The number of para-hydroxylation sites is 1. The van der Waals surface area contributed by atoms with Crippen molar-refractivity contribution in [3.05, 3.63) is 59.7 Å². The van der Waals surface area contributed by atoms with Crippen LogP contribution < -0.4 is 15.8 Å². The summed E-state index contributed by atoms with van der Waals surface area (Å²) < 4.78 is 5.94. The minimum atomic E-state index is -0.160. The molecule has 31 heavy (non-hydrogen) atoms. The Morgan fingerprint density at radius 3 is 2.06 bits per heavy atom. The van der Waals surface area contributed by atoms with Crippen molar-refractivity contribution in [2.24, 2.45) is 5.73 Å². The van der Waals surface area contributed by atoms with Crippen molar-refractivity contribution >= 4 is 11.6 Å². The van der Waals surface area contributed by atoms with Gasteiger partial charge in [-0.2, -0.15) is 0 Å². The first kappa shape index (κ1) is 24.9. The molecule has 0 aliphatic heterocycles. The largest absolute Gasteiger partial charge is 0.493 e. The second-order valence-electron chi connectivity index (χ2n) is 8.39. The fourth-order valence-electron chi connectivity index (χ4n) is 3.62. The number of ether oxygens (including phenoxy) is 1. The Morgan fingerprint density at radius 1 is 0.871 bits per heavy atom. The van der Waals surface area contributed by atoms with Crippen LogP contribution in [0.15, 0.2) is 48.5 Å². The number of benzene rings is 2. The highest BCUT2D eigenvalue weighted by Crippen LogP contribution is 2.21. The summed E-state index contributed by atoms with van der Waals surface area (Å²) in [5.74, 6) is 0.482. The Balaban J connectivity index is 1.71. The SMILES string of the molecule is CCCCCCCCCCCCOc1ccccc1C(=O)Nc1ccc(C(C)N)cc1. The van der Waals surface area contributed by atoms with Crippen molar-refractivity contribution in [3.8, 4) is 5.75 Å². The fraction of sp³-hybridized carbons (Fsp3) is 0.519. The quantitative estimate of drug-likeness (QED) is 0.296. The zero-order valence-corrected chi connectivity index (χ0v) is 19.4. The molecule has 0 bridgehead atoms. The molecule has 2 rings (SSSR count). The van der Waals surface area contributed by atoms with Gasteiger partial charge in [-0.25, -0.2) is 0 Å². The van der Waals surface area contributed by atoms with Crippen molar-refractivity contribution < 1.29 is 9.53 Å². The summed E-state index contributed by atoms with van der Waals surface area (Å²) in [4.78, 5) is 12.7. The van der Waals surface area contributed by atoms with E-state index in [0.717, 1.165) is 17.7 Å². The molecule has 4 nitrogen and oxygen atoms in total. The van der Waals surface area contributed by atoms with Crippen molar-refractivity contribution in [2.75, 3.05) is 11.9 Å². The smallest absolute Gasteiger partial charge is 0.259 e. The van der Waals surface area contributed by atoms with Crippen LogP contribution in [-0.2, 0) is 0 Å². The Labute approximate surface area is 188 Å². The van der Waals surface area contributed by atoms with E-state index in [-0.39, 0.29) is 11.9 Å². The topological polar surface area (TPSA) is 64.3 Å². The van der Waals surface area contributed by atoms with E-state index in [2.05, 4.69) is 12.2 Å². The number of hydrogen-bond donors (Lipinski definition) is 2. The van der Waals surface area contributed by atoms with Crippen molar-refractivity contribution in [2.45, 2.75) is 84.1 Å². The summed E-state index contributed by atoms with van der Waals surface area (Å²) in [6.45, 7) is 4.84. The first-order valence-electron chi connectivity index (χ1n) is 12.0. The molecule has 0 fully saturated rings. The molecule has 2 aromatic rings. The van der Waals surface area contributed by atoms with E-state index in [9.17, 15) is 4.79 Å². The van der Waals surface area contributed by atoms with Gasteiger partial charge in [0.1, 0.15) is 5.75 Å². The van der Waals surface area contributed by atoms with Gasteiger partial charge in [0.15, 0.2) is 0 Å². The van der Waals surface area contributed by atoms with Crippen LogP contribution in [0.5, 0.6) is 5.75 Å². The molecule has 1 unspecified atom stereocenters. The zero-order valence-electron chi connectivity index (χ0n) is 19.4. The van der Waals surface area contributed by atoms with Crippen LogP contribution in [0.1, 0.15) is 100 Å². The molecular weight excluding hydrogens is 384 g/mol. The third-order valence-corrected chi connectivity index (χ3v) is 5.58. The average molecular weight is 425 g/mol. The maximum absolute atomic E-state index is 12.7. The number of hydrogen-bond acceptors (Lipinski definition) is 3. The molecule has 0 spiro atoms. The third kappa shape index (κ3) is 9.56. The van der Waals surface area contributed by atoms with E-state index in [4.69, 9.17) is 10.5 Å². The second kappa shape index (κ2) is 14.6. The lowest BCUT2D eigenvalue weighted by Gasteiger charge is -2.12. The average Bonchev–Trinajstić information content (AvgIpc) is 2.78. The summed E-state index contributed by atoms with van der Waals surface area (Å²) in [6, 6.07) is 15.0. The van der Waals surface area contributed by atoms with Gasteiger partial charge in [0.05, 0.1) is 12.2 Å². The van der Waals surface area contributed by atoms with E-state index in [1.54, 1.807) is 6.07 Å². The van der Waals surface area contributed by atoms with E-state index < -0.39 is 0 Å². The number of nitrogens with two attached hydrogens (primary N) is 1. The van der Waals surface area contributed by atoms with Gasteiger partial charge >= 0.3 is 0 Å². The second-order valence-corrected chi connectivity index (χ2v) is 8.39. The molecule has 0 radical (unpaired) electrons. The Kier molecular flexibility index (Phi) is 11.8. The number of carbonyl (C=O) groups is 1. The van der Waals surface area contributed by atoms with Crippen molar-refractivity contribution in [3.63, 3.8) is 0 Å². The van der Waals surface area contributed by atoms with Crippen molar-refractivity contribution in [1.82, 2.24) is 0 Å². The van der Waals surface area contributed by atoms with Crippen LogP contribution in [0.3, 0.4) is 0 Å². The van der Waals surface area contributed by atoms with Crippen LogP contribution in [-0.4, -0.2) is 12.5 Å². The van der Waals surface area contributed by atoms with Crippen LogP contribution in [0, 0.1) is 0 Å². The standard InChI is InChI=1S/C27H40N2O2/c1-3-4-5-6-7-8-9-10-11-14-21-31-26-16-13-12-15-25(26)27(30)29-24-19-17-23(18-20-24)22(2)28/h12-13,15-20,22H,3-11,14,21,28H2,1-2H3,(H,29,30). The van der Waals surface area contributed by atoms with Gasteiger partial charge < -0.3 is 15.8 Å². The molecular formula is C27H40N2O2. The van der Waals surface area contributed by atoms with Gasteiger partial charge in [-0.05, 0) is 43.2 Å². The summed E-state index contributed by atoms with van der Waals surface area (Å²) in [5, 5.41) is 2.95. The highest BCUT2D eigenvalue weighted by atomic mass is 16.5. The van der Waals surface area contributed by atoms with Gasteiger partial charge in [-0.3, -0.25) is 4.79 Å². The van der Waals surface area contributed by atoms with Gasteiger partial charge in [-0.15, -0.1) is 0 Å². The molecule has 0 aliphatic rings. The Bertz CT molecular complexity index is 756.